The molecule has 0 fully saturated rings. The van der Waals surface area contributed by atoms with E-state index in [1.165, 1.54) is 0 Å². The van der Waals surface area contributed by atoms with Crippen molar-refractivity contribution in [3.05, 3.63) is 65.0 Å². The van der Waals surface area contributed by atoms with Crippen molar-refractivity contribution in [2.45, 2.75) is 4.21 Å². The summed E-state index contributed by atoms with van der Waals surface area (Å²) in [6.07, 6.45) is 0. The average molecular weight is 390 g/mol. The molecule has 25 heavy (non-hydrogen) atoms. The predicted octanol–water partition coefficient (Wildman–Crippen LogP) is 4.75. The Bertz CT molecular complexity index is 1140. The Hall–Kier alpha value is -2.35. The van der Waals surface area contributed by atoms with E-state index >= 15 is 0 Å². The highest BCUT2D eigenvalue weighted by Gasteiger charge is 2.19. The molecule has 5 nitrogen and oxygen atoms in total. The lowest BCUT2D eigenvalue weighted by molar-refractivity contribution is 0.603. The monoisotopic (exact) mass is 389 g/mol. The molecule has 2 aromatic carbocycles. The molecule has 0 unspecified atom stereocenters. The maximum atomic E-state index is 12.4. The Kier molecular flexibility index (Phi) is 3.99. The highest BCUT2D eigenvalue weighted by Crippen LogP contribution is 2.34. The molecule has 0 bridgehead atoms. The Labute approximate surface area is 153 Å². The molecule has 4 rings (SSSR count). The number of halogens is 1. The van der Waals surface area contributed by atoms with Crippen molar-refractivity contribution in [3.63, 3.8) is 0 Å². The maximum absolute atomic E-state index is 12.4. The largest absolute Gasteiger partial charge is 0.276 e. The fraction of sp³-hybridized carbons (Fsp3) is 0. The normalized spacial score (nSPS) is 11.7. The number of benzene rings is 2. The van der Waals surface area contributed by atoms with Crippen molar-refractivity contribution in [1.29, 1.82) is 0 Å². The molecule has 126 valence electrons. The van der Waals surface area contributed by atoms with E-state index in [-0.39, 0.29) is 10.0 Å². The summed E-state index contributed by atoms with van der Waals surface area (Å²) in [5, 5.41) is 9.85. The minimum atomic E-state index is -3.67. The third-order valence-electron chi connectivity index (χ3n) is 3.73. The van der Waals surface area contributed by atoms with Gasteiger partial charge in [0.1, 0.15) is 4.21 Å². The van der Waals surface area contributed by atoms with Crippen molar-refractivity contribution in [1.82, 2.24) is 10.2 Å². The van der Waals surface area contributed by atoms with Gasteiger partial charge < -0.3 is 0 Å². The van der Waals surface area contributed by atoms with E-state index in [9.17, 15) is 8.42 Å². The molecule has 2 N–H and O–H groups in total. The highest BCUT2D eigenvalue weighted by molar-refractivity contribution is 7.94. The molecule has 0 saturated heterocycles. The van der Waals surface area contributed by atoms with Gasteiger partial charge in [0.05, 0.1) is 10.5 Å². The van der Waals surface area contributed by atoms with Gasteiger partial charge >= 0.3 is 0 Å². The molecule has 8 heteroatoms. The molecule has 0 spiro atoms. The summed E-state index contributed by atoms with van der Waals surface area (Å²) in [5.41, 5.74) is 2.42. The summed E-state index contributed by atoms with van der Waals surface area (Å²) in [7, 11) is -3.67. The van der Waals surface area contributed by atoms with Crippen LogP contribution in [0.15, 0.2) is 64.2 Å². The van der Waals surface area contributed by atoms with E-state index in [1.807, 2.05) is 36.4 Å². The van der Waals surface area contributed by atoms with Crippen LogP contribution in [0.1, 0.15) is 0 Å². The van der Waals surface area contributed by atoms with Gasteiger partial charge in [0.2, 0.25) is 0 Å². The summed E-state index contributed by atoms with van der Waals surface area (Å²) in [6.45, 7) is 0. The van der Waals surface area contributed by atoms with Crippen LogP contribution in [0.2, 0.25) is 5.02 Å². The lowest BCUT2D eigenvalue weighted by atomic mass is 10.0. The number of fused-ring (bicyclic) bond motifs is 1. The molecular formula is C17H12ClN3O2S2. The Morgan fingerprint density at radius 1 is 1.08 bits per heavy atom. The lowest BCUT2D eigenvalue weighted by Crippen LogP contribution is -2.11. The SMILES string of the molecule is O=S(=O)(Nc1n[nH]c2cc(Cl)c(-c3ccccc3)cc12)c1cccs1. The number of sulfonamides is 1. The lowest BCUT2D eigenvalue weighted by Gasteiger charge is -2.07. The zero-order valence-electron chi connectivity index (χ0n) is 12.7. The van der Waals surface area contributed by atoms with Gasteiger partial charge in [-0.05, 0) is 29.1 Å². The fourth-order valence-electron chi connectivity index (χ4n) is 2.55. The number of rotatable bonds is 4. The zero-order chi connectivity index (χ0) is 17.4. The molecule has 0 atom stereocenters. The smallest absolute Gasteiger partial charge is 0.272 e. The van der Waals surface area contributed by atoms with E-state index in [0.29, 0.717) is 15.9 Å². The summed E-state index contributed by atoms with van der Waals surface area (Å²) in [4.78, 5) is 0. The van der Waals surface area contributed by atoms with E-state index in [1.54, 1.807) is 23.6 Å². The van der Waals surface area contributed by atoms with E-state index in [4.69, 9.17) is 11.6 Å². The molecule has 0 saturated carbocycles. The van der Waals surface area contributed by atoms with Crippen LogP contribution in [0.3, 0.4) is 0 Å². The molecule has 0 aliphatic carbocycles. The van der Waals surface area contributed by atoms with Gasteiger partial charge in [-0.2, -0.15) is 5.10 Å². The molecule has 4 aromatic rings. The Balaban J connectivity index is 1.81. The highest BCUT2D eigenvalue weighted by atomic mass is 35.5. The third kappa shape index (κ3) is 3.02. The summed E-state index contributed by atoms with van der Waals surface area (Å²) < 4.78 is 27.7. The van der Waals surface area contributed by atoms with Crippen LogP contribution in [0, 0.1) is 0 Å². The number of hydrogen-bond acceptors (Lipinski definition) is 4. The van der Waals surface area contributed by atoms with Gasteiger partial charge in [-0.3, -0.25) is 9.82 Å². The molecule has 0 amide bonds. The van der Waals surface area contributed by atoms with Crippen molar-refractivity contribution < 1.29 is 8.42 Å². The fourth-order valence-corrected chi connectivity index (χ4v) is 4.84. The maximum Gasteiger partial charge on any atom is 0.272 e. The standard InChI is InChI=1S/C17H12ClN3O2S2/c18-14-10-15-13(9-12(14)11-5-2-1-3-6-11)17(20-19-15)21-25(22,23)16-7-4-8-24-16/h1-10H,(H2,19,20,21). The molecule has 2 heterocycles. The first-order chi connectivity index (χ1) is 12.0. The number of nitrogens with zero attached hydrogens (tertiary/aromatic N) is 1. The van der Waals surface area contributed by atoms with Crippen LogP contribution in [-0.4, -0.2) is 18.6 Å². The molecular weight excluding hydrogens is 378 g/mol. The first-order valence-electron chi connectivity index (χ1n) is 7.34. The van der Waals surface area contributed by atoms with Gasteiger partial charge in [-0.1, -0.05) is 48.0 Å². The molecule has 0 radical (unpaired) electrons. The van der Waals surface area contributed by atoms with Crippen molar-refractivity contribution in [3.8, 4) is 11.1 Å². The van der Waals surface area contributed by atoms with Crippen molar-refractivity contribution in [2.75, 3.05) is 4.72 Å². The van der Waals surface area contributed by atoms with Crippen LogP contribution >= 0.6 is 22.9 Å². The summed E-state index contributed by atoms with van der Waals surface area (Å²) in [5.74, 6) is 0.247. The van der Waals surface area contributed by atoms with Crippen LogP contribution in [-0.2, 0) is 10.0 Å². The van der Waals surface area contributed by atoms with Crippen LogP contribution in [0.5, 0.6) is 0 Å². The first kappa shape index (κ1) is 16.1. The van der Waals surface area contributed by atoms with Gasteiger partial charge in [0, 0.05) is 10.9 Å². The van der Waals surface area contributed by atoms with Gasteiger partial charge in [0.25, 0.3) is 10.0 Å². The summed E-state index contributed by atoms with van der Waals surface area (Å²) >= 11 is 7.53. The minimum Gasteiger partial charge on any atom is -0.276 e. The Morgan fingerprint density at radius 2 is 1.88 bits per heavy atom. The second kappa shape index (κ2) is 6.18. The number of thiophene rings is 1. The second-order valence-corrected chi connectivity index (χ2v) is 8.62. The van der Waals surface area contributed by atoms with Gasteiger partial charge in [-0.25, -0.2) is 8.42 Å². The first-order valence-corrected chi connectivity index (χ1v) is 10.1. The van der Waals surface area contributed by atoms with Gasteiger partial charge in [0.15, 0.2) is 5.82 Å². The van der Waals surface area contributed by atoms with Gasteiger partial charge in [-0.15, -0.1) is 11.3 Å². The zero-order valence-corrected chi connectivity index (χ0v) is 15.1. The number of anilines is 1. The number of hydrogen-bond donors (Lipinski definition) is 2. The van der Waals surface area contributed by atoms with E-state index in [0.717, 1.165) is 22.5 Å². The topological polar surface area (TPSA) is 74.8 Å². The number of aromatic nitrogens is 2. The minimum absolute atomic E-state index is 0.237. The van der Waals surface area contributed by atoms with Crippen molar-refractivity contribution in [2.24, 2.45) is 0 Å². The molecule has 0 aliphatic rings. The van der Waals surface area contributed by atoms with E-state index in [2.05, 4.69) is 14.9 Å². The predicted molar refractivity (Wildman–Crippen MR) is 102 cm³/mol. The second-order valence-electron chi connectivity index (χ2n) is 5.35. The summed E-state index contributed by atoms with van der Waals surface area (Å²) in [6, 6.07) is 16.5. The third-order valence-corrected chi connectivity index (χ3v) is 6.78. The average Bonchev–Trinajstić information content (AvgIpc) is 3.26. The number of aromatic amines is 1. The number of H-pyrrole nitrogens is 1. The van der Waals surface area contributed by atoms with Crippen molar-refractivity contribution >= 4 is 49.7 Å². The molecule has 0 aliphatic heterocycles. The quantitative estimate of drug-likeness (QED) is 0.529. The van der Waals surface area contributed by atoms with E-state index < -0.39 is 10.0 Å². The van der Waals surface area contributed by atoms with Crippen LogP contribution < -0.4 is 4.72 Å². The number of nitrogens with one attached hydrogen (secondary N) is 2. The van der Waals surface area contributed by atoms with Crippen LogP contribution in [0.4, 0.5) is 5.82 Å². The Morgan fingerprint density at radius 3 is 2.60 bits per heavy atom. The molecule has 2 aromatic heterocycles. The van der Waals surface area contributed by atoms with Crippen LogP contribution in [0.25, 0.3) is 22.0 Å².